The molecule has 0 saturated carbocycles. The van der Waals surface area contributed by atoms with Crippen molar-refractivity contribution in [2.75, 3.05) is 0 Å². The van der Waals surface area contributed by atoms with E-state index in [1.807, 2.05) is 0 Å². The highest BCUT2D eigenvalue weighted by Crippen LogP contribution is 2.40. The maximum Gasteiger partial charge on any atom is 0.345 e. The summed E-state index contributed by atoms with van der Waals surface area (Å²) in [6.45, 7) is 0. The molecule has 188 valence electrons. The van der Waals surface area contributed by atoms with Crippen molar-refractivity contribution in [2.45, 2.75) is 18.9 Å². The third-order valence-electron chi connectivity index (χ3n) is 6.09. The number of halogens is 3. The Hall–Kier alpha value is -3.51. The van der Waals surface area contributed by atoms with Gasteiger partial charge in [0, 0.05) is 27.9 Å². The number of imidazole rings is 1. The highest BCUT2D eigenvalue weighted by atomic mass is 35.5. The molecule has 0 fully saturated rings. The number of benzene rings is 1. The second-order valence-corrected chi connectivity index (χ2v) is 10.0. The van der Waals surface area contributed by atoms with Crippen LogP contribution in [0.2, 0.25) is 10.0 Å². The average molecular weight is 577 g/mol. The third-order valence-corrected chi connectivity index (χ3v) is 7.85. The standard InChI is InChI=1S/C23H15Cl2N7O3S.ClH/c24-11-1-2-15(31-10-27-29-30-31)12(7-11)13-8-20(33)32-16(21(13)25)3-4-17(32)22-26-9-14(28-22)18-5-6-19(36-18)23(34)35;/h1-2,5-10,17H,3-4H2,(H,26,28)(H,34,35);1H/t17-;/m0./s1. The van der Waals surface area contributed by atoms with Crippen LogP contribution in [0.3, 0.4) is 0 Å². The molecule has 0 aliphatic carbocycles. The molecule has 0 saturated heterocycles. The van der Waals surface area contributed by atoms with Gasteiger partial charge in [0.15, 0.2) is 0 Å². The molecule has 1 aromatic carbocycles. The zero-order valence-corrected chi connectivity index (χ0v) is 21.8. The Morgan fingerprint density at radius 1 is 1.16 bits per heavy atom. The summed E-state index contributed by atoms with van der Waals surface area (Å²) in [5.41, 5.74) is 2.98. The summed E-state index contributed by atoms with van der Waals surface area (Å²) in [5.74, 6) is -0.368. The number of carbonyl (C=O) groups is 1. The molecule has 0 radical (unpaired) electrons. The molecule has 1 atom stereocenters. The lowest BCUT2D eigenvalue weighted by molar-refractivity contribution is 0.0702. The minimum absolute atomic E-state index is 0. The number of hydrogen-bond acceptors (Lipinski definition) is 7. The van der Waals surface area contributed by atoms with Crippen molar-refractivity contribution in [1.82, 2.24) is 34.7 Å². The van der Waals surface area contributed by atoms with Crippen LogP contribution in [0.15, 0.2) is 53.7 Å². The maximum atomic E-state index is 13.4. The van der Waals surface area contributed by atoms with Crippen molar-refractivity contribution in [3.63, 3.8) is 0 Å². The molecular formula is C23H16Cl3N7O3S. The summed E-state index contributed by atoms with van der Waals surface area (Å²) < 4.78 is 3.15. The normalized spacial score (nSPS) is 14.4. The Morgan fingerprint density at radius 2 is 2.00 bits per heavy atom. The number of carboxylic acids is 1. The number of pyridine rings is 1. The van der Waals surface area contributed by atoms with E-state index in [0.29, 0.717) is 56.9 Å². The highest BCUT2D eigenvalue weighted by molar-refractivity contribution is 7.17. The van der Waals surface area contributed by atoms with Gasteiger partial charge >= 0.3 is 5.97 Å². The number of H-pyrrole nitrogens is 1. The van der Waals surface area contributed by atoms with E-state index in [4.69, 9.17) is 23.2 Å². The van der Waals surface area contributed by atoms with Crippen LogP contribution in [0.5, 0.6) is 0 Å². The van der Waals surface area contributed by atoms with E-state index in [1.54, 1.807) is 41.1 Å². The fourth-order valence-electron chi connectivity index (χ4n) is 4.50. The Balaban J connectivity index is 0.00000280. The van der Waals surface area contributed by atoms with Crippen molar-refractivity contribution >= 4 is 52.9 Å². The zero-order valence-electron chi connectivity index (χ0n) is 18.6. The van der Waals surface area contributed by atoms with Crippen molar-refractivity contribution in [1.29, 1.82) is 0 Å². The van der Waals surface area contributed by atoms with E-state index in [-0.39, 0.29) is 28.9 Å². The van der Waals surface area contributed by atoms with Gasteiger partial charge in [0.2, 0.25) is 0 Å². The molecule has 4 aromatic heterocycles. The summed E-state index contributed by atoms with van der Waals surface area (Å²) in [6.07, 6.45) is 4.31. The fraction of sp³-hybridized carbons (Fsp3) is 0.130. The predicted molar refractivity (Wildman–Crippen MR) is 141 cm³/mol. The summed E-state index contributed by atoms with van der Waals surface area (Å²) in [4.78, 5) is 33.4. The second kappa shape index (κ2) is 9.75. The molecule has 0 amide bonds. The molecule has 5 heterocycles. The van der Waals surface area contributed by atoms with Crippen LogP contribution in [-0.4, -0.2) is 45.8 Å². The van der Waals surface area contributed by atoms with Gasteiger partial charge in [-0.15, -0.1) is 28.8 Å². The molecule has 10 nitrogen and oxygen atoms in total. The molecular weight excluding hydrogens is 561 g/mol. The van der Waals surface area contributed by atoms with Crippen LogP contribution < -0.4 is 5.56 Å². The first-order valence-electron chi connectivity index (χ1n) is 10.8. The van der Waals surface area contributed by atoms with E-state index in [9.17, 15) is 14.7 Å². The SMILES string of the molecule is Cl.O=C(O)c1ccc(-c2cnc([C@@H]3CCc4c(Cl)c(-c5cc(Cl)ccc5-n5cnnn5)cc(=O)n43)[nH]2)s1. The minimum Gasteiger partial charge on any atom is -0.477 e. The topological polar surface area (TPSA) is 132 Å². The second-order valence-electron chi connectivity index (χ2n) is 8.15. The lowest BCUT2D eigenvalue weighted by Crippen LogP contribution is -2.24. The summed E-state index contributed by atoms with van der Waals surface area (Å²) in [7, 11) is 0. The highest BCUT2D eigenvalue weighted by Gasteiger charge is 2.31. The molecule has 2 N–H and O–H groups in total. The number of hydrogen-bond donors (Lipinski definition) is 2. The van der Waals surface area contributed by atoms with Crippen molar-refractivity contribution in [2.24, 2.45) is 0 Å². The van der Waals surface area contributed by atoms with Crippen LogP contribution in [0.4, 0.5) is 0 Å². The van der Waals surface area contributed by atoms with Crippen LogP contribution in [0, 0.1) is 0 Å². The number of thiophene rings is 1. The van der Waals surface area contributed by atoms with Crippen LogP contribution in [0.1, 0.15) is 33.7 Å². The molecule has 1 aliphatic heterocycles. The number of nitrogens with one attached hydrogen (secondary N) is 1. The van der Waals surface area contributed by atoms with Gasteiger partial charge < -0.3 is 14.7 Å². The number of rotatable bonds is 5. The van der Waals surface area contributed by atoms with E-state index >= 15 is 0 Å². The van der Waals surface area contributed by atoms with Gasteiger partial charge in [-0.2, -0.15) is 4.68 Å². The lowest BCUT2D eigenvalue weighted by Gasteiger charge is -2.16. The zero-order chi connectivity index (χ0) is 25.0. The largest absolute Gasteiger partial charge is 0.477 e. The Kier molecular flexibility index (Phi) is 6.63. The molecule has 1 aliphatic rings. The van der Waals surface area contributed by atoms with E-state index in [1.165, 1.54) is 17.1 Å². The van der Waals surface area contributed by atoms with E-state index < -0.39 is 5.97 Å². The van der Waals surface area contributed by atoms with Gasteiger partial charge in [0.05, 0.1) is 33.5 Å². The van der Waals surface area contributed by atoms with Crippen LogP contribution >= 0.6 is 46.9 Å². The maximum absolute atomic E-state index is 13.4. The molecule has 0 unspecified atom stereocenters. The summed E-state index contributed by atoms with van der Waals surface area (Å²) in [6, 6.07) is 9.66. The number of aromatic amines is 1. The smallest absolute Gasteiger partial charge is 0.345 e. The average Bonchev–Trinajstić information content (AvgIpc) is 3.67. The minimum atomic E-state index is -0.976. The summed E-state index contributed by atoms with van der Waals surface area (Å²) >= 11 is 14.3. The third kappa shape index (κ3) is 4.33. The number of aromatic carboxylic acids is 1. The van der Waals surface area contributed by atoms with Gasteiger partial charge in [-0.05, 0) is 53.6 Å². The number of nitrogens with zero attached hydrogens (tertiary/aromatic N) is 6. The fourth-order valence-corrected chi connectivity index (χ4v) is 5.83. The number of fused-ring (bicyclic) bond motifs is 1. The number of carboxylic acid groups (broad SMARTS) is 1. The van der Waals surface area contributed by atoms with Crippen LogP contribution in [0.25, 0.3) is 27.4 Å². The van der Waals surface area contributed by atoms with Gasteiger partial charge in [0.25, 0.3) is 5.56 Å². The quantitative estimate of drug-likeness (QED) is 0.304. The molecule has 37 heavy (non-hydrogen) atoms. The van der Waals surface area contributed by atoms with Crippen molar-refractivity contribution < 1.29 is 9.90 Å². The lowest BCUT2D eigenvalue weighted by atomic mass is 10.0. The first kappa shape index (κ1) is 25.2. The molecule has 5 aromatic rings. The first-order chi connectivity index (χ1) is 17.4. The van der Waals surface area contributed by atoms with Crippen molar-refractivity contribution in [3.05, 3.63) is 85.7 Å². The molecule has 0 bridgehead atoms. The Labute approximate surface area is 228 Å². The number of aromatic nitrogens is 7. The Bertz CT molecular complexity index is 1690. The van der Waals surface area contributed by atoms with Gasteiger partial charge in [-0.3, -0.25) is 4.79 Å². The number of tetrazole rings is 1. The van der Waals surface area contributed by atoms with Gasteiger partial charge in [-0.1, -0.05) is 23.2 Å². The van der Waals surface area contributed by atoms with Crippen molar-refractivity contribution in [3.8, 4) is 27.4 Å². The predicted octanol–water partition coefficient (Wildman–Crippen LogP) is 4.91. The Morgan fingerprint density at radius 3 is 2.73 bits per heavy atom. The molecule has 14 heteroatoms. The van der Waals surface area contributed by atoms with E-state index in [2.05, 4.69) is 25.5 Å². The first-order valence-corrected chi connectivity index (χ1v) is 12.3. The monoisotopic (exact) mass is 575 g/mol. The molecule has 6 rings (SSSR count). The molecule has 0 spiro atoms. The summed E-state index contributed by atoms with van der Waals surface area (Å²) in [5, 5.41) is 21.5. The van der Waals surface area contributed by atoms with Crippen LogP contribution in [-0.2, 0) is 6.42 Å². The van der Waals surface area contributed by atoms with Gasteiger partial charge in [0.1, 0.15) is 17.0 Å². The van der Waals surface area contributed by atoms with Gasteiger partial charge in [-0.25, -0.2) is 9.78 Å². The van der Waals surface area contributed by atoms with E-state index in [0.717, 1.165) is 16.2 Å².